The van der Waals surface area contributed by atoms with Crippen LogP contribution in [0.25, 0.3) is 16.9 Å². The van der Waals surface area contributed by atoms with Crippen LogP contribution in [0.3, 0.4) is 0 Å². The van der Waals surface area contributed by atoms with E-state index in [9.17, 15) is 17.6 Å². The standard InChI is InChI=1S/C23H20F4N4O/c24-21-4-2-1-3-20(21)22-17(14-30-11-9-16(13-28)10-12-30)15-31(29-22)18-5-7-19(8-6-18)32-23(25,26)27/h1-8,15-16H,9-12,14H2. The van der Waals surface area contributed by atoms with Gasteiger partial charge in [-0.15, -0.1) is 13.2 Å². The third kappa shape index (κ3) is 5.08. The number of ether oxygens (including phenoxy) is 1. The predicted octanol–water partition coefficient (Wildman–Crippen LogP) is 5.31. The molecule has 1 fully saturated rings. The average Bonchev–Trinajstić information content (AvgIpc) is 3.17. The fraction of sp³-hybridized carbons (Fsp3) is 0.304. The summed E-state index contributed by atoms with van der Waals surface area (Å²) in [5.41, 5.74) is 2.14. The zero-order valence-electron chi connectivity index (χ0n) is 17.0. The number of halogens is 4. The van der Waals surface area contributed by atoms with Crippen LogP contribution >= 0.6 is 0 Å². The molecule has 1 saturated heterocycles. The third-order valence-electron chi connectivity index (χ3n) is 5.42. The number of hydrogen-bond donors (Lipinski definition) is 0. The Labute approximate surface area is 182 Å². The zero-order valence-corrected chi connectivity index (χ0v) is 17.0. The second-order valence-corrected chi connectivity index (χ2v) is 7.65. The van der Waals surface area contributed by atoms with E-state index in [1.165, 1.54) is 35.0 Å². The first-order valence-corrected chi connectivity index (χ1v) is 10.1. The molecule has 4 rings (SSSR count). The van der Waals surface area contributed by atoms with Crippen molar-refractivity contribution < 1.29 is 22.3 Å². The Balaban J connectivity index is 1.64. The zero-order chi connectivity index (χ0) is 22.7. The lowest BCUT2D eigenvalue weighted by Gasteiger charge is -2.28. The number of benzene rings is 2. The maximum atomic E-state index is 14.5. The van der Waals surface area contributed by atoms with E-state index in [-0.39, 0.29) is 11.7 Å². The second-order valence-electron chi connectivity index (χ2n) is 7.65. The van der Waals surface area contributed by atoms with E-state index in [2.05, 4.69) is 20.8 Å². The summed E-state index contributed by atoms with van der Waals surface area (Å²) in [5, 5.41) is 13.7. The largest absolute Gasteiger partial charge is 0.573 e. The number of hydrogen-bond acceptors (Lipinski definition) is 4. The maximum Gasteiger partial charge on any atom is 0.573 e. The van der Waals surface area contributed by atoms with Crippen molar-refractivity contribution in [2.24, 2.45) is 5.92 Å². The van der Waals surface area contributed by atoms with Crippen LogP contribution < -0.4 is 4.74 Å². The summed E-state index contributed by atoms with van der Waals surface area (Å²) in [5.74, 6) is -0.683. The lowest BCUT2D eigenvalue weighted by Crippen LogP contribution is -2.32. The molecule has 0 aliphatic carbocycles. The maximum absolute atomic E-state index is 14.5. The van der Waals surface area contributed by atoms with Crippen molar-refractivity contribution in [1.29, 1.82) is 5.26 Å². The Kier molecular flexibility index (Phi) is 6.15. The Bertz CT molecular complexity index is 1110. The molecule has 0 bridgehead atoms. The number of piperidine rings is 1. The van der Waals surface area contributed by atoms with E-state index in [1.54, 1.807) is 24.4 Å². The van der Waals surface area contributed by atoms with Gasteiger partial charge in [0, 0.05) is 29.8 Å². The monoisotopic (exact) mass is 444 g/mol. The molecular weight excluding hydrogens is 424 g/mol. The molecule has 0 spiro atoms. The van der Waals surface area contributed by atoms with Gasteiger partial charge in [0.25, 0.3) is 0 Å². The minimum absolute atomic E-state index is 0.0532. The van der Waals surface area contributed by atoms with Crippen molar-refractivity contribution >= 4 is 0 Å². The van der Waals surface area contributed by atoms with Gasteiger partial charge in [0.1, 0.15) is 17.3 Å². The van der Waals surface area contributed by atoms with E-state index in [0.29, 0.717) is 23.5 Å². The number of rotatable bonds is 5. The van der Waals surface area contributed by atoms with E-state index in [0.717, 1.165) is 31.5 Å². The first-order valence-electron chi connectivity index (χ1n) is 10.1. The summed E-state index contributed by atoms with van der Waals surface area (Å²) in [6.07, 6.45) is -1.45. The Morgan fingerprint density at radius 2 is 1.75 bits per heavy atom. The molecule has 0 atom stereocenters. The molecule has 0 saturated carbocycles. The Hall–Kier alpha value is -3.38. The van der Waals surface area contributed by atoms with Gasteiger partial charge in [0.05, 0.1) is 11.8 Å². The number of alkyl halides is 3. The highest BCUT2D eigenvalue weighted by atomic mass is 19.4. The van der Waals surface area contributed by atoms with Crippen LogP contribution in [0, 0.1) is 23.1 Å². The summed E-state index contributed by atoms with van der Waals surface area (Å²) in [7, 11) is 0. The van der Waals surface area contributed by atoms with Crippen molar-refractivity contribution in [3.63, 3.8) is 0 Å². The second kappa shape index (κ2) is 9.01. The van der Waals surface area contributed by atoms with Crippen molar-refractivity contribution in [3.05, 3.63) is 66.1 Å². The van der Waals surface area contributed by atoms with E-state index < -0.39 is 12.2 Å². The minimum atomic E-state index is -4.77. The van der Waals surface area contributed by atoms with Crippen LogP contribution in [0.2, 0.25) is 0 Å². The van der Waals surface area contributed by atoms with Gasteiger partial charge in [-0.2, -0.15) is 10.4 Å². The van der Waals surface area contributed by atoms with Crippen LogP contribution in [0.15, 0.2) is 54.7 Å². The lowest BCUT2D eigenvalue weighted by molar-refractivity contribution is -0.274. The highest BCUT2D eigenvalue weighted by Gasteiger charge is 2.31. The molecule has 2 aromatic carbocycles. The van der Waals surface area contributed by atoms with Crippen molar-refractivity contribution in [3.8, 4) is 28.8 Å². The molecule has 1 aromatic heterocycles. The smallest absolute Gasteiger partial charge is 0.406 e. The molecule has 0 N–H and O–H groups in total. The highest BCUT2D eigenvalue weighted by Crippen LogP contribution is 2.29. The van der Waals surface area contributed by atoms with Crippen LogP contribution in [0.5, 0.6) is 5.75 Å². The molecule has 1 aliphatic rings. The molecule has 0 radical (unpaired) electrons. The van der Waals surface area contributed by atoms with E-state index >= 15 is 0 Å². The Morgan fingerprint density at radius 1 is 1.06 bits per heavy atom. The fourth-order valence-electron chi connectivity index (χ4n) is 3.80. The van der Waals surface area contributed by atoms with Crippen LogP contribution in [0.1, 0.15) is 18.4 Å². The van der Waals surface area contributed by atoms with Gasteiger partial charge < -0.3 is 4.74 Å². The summed E-state index contributed by atoms with van der Waals surface area (Å²) < 4.78 is 57.2. The predicted molar refractivity (Wildman–Crippen MR) is 109 cm³/mol. The quantitative estimate of drug-likeness (QED) is 0.501. The number of nitriles is 1. The van der Waals surface area contributed by atoms with Crippen LogP contribution in [0.4, 0.5) is 17.6 Å². The summed E-state index contributed by atoms with van der Waals surface area (Å²) in [6.45, 7) is 2.03. The van der Waals surface area contributed by atoms with Crippen LogP contribution in [-0.2, 0) is 6.54 Å². The minimum Gasteiger partial charge on any atom is -0.406 e. The molecule has 0 amide bonds. The summed E-state index contributed by atoms with van der Waals surface area (Å²) in [4.78, 5) is 2.19. The molecular formula is C23H20F4N4O. The molecule has 1 aliphatic heterocycles. The molecule has 9 heteroatoms. The highest BCUT2D eigenvalue weighted by molar-refractivity contribution is 5.64. The molecule has 0 unspecified atom stereocenters. The topological polar surface area (TPSA) is 54.1 Å². The van der Waals surface area contributed by atoms with Gasteiger partial charge in [-0.05, 0) is 62.3 Å². The molecule has 32 heavy (non-hydrogen) atoms. The number of aromatic nitrogens is 2. The summed E-state index contributed by atoms with van der Waals surface area (Å²) >= 11 is 0. The SMILES string of the molecule is N#CC1CCN(Cc2cn(-c3ccc(OC(F)(F)F)cc3)nc2-c2ccccc2F)CC1. The Morgan fingerprint density at radius 3 is 2.38 bits per heavy atom. The normalized spacial score (nSPS) is 15.5. The van der Waals surface area contributed by atoms with Gasteiger partial charge in [-0.3, -0.25) is 4.90 Å². The third-order valence-corrected chi connectivity index (χ3v) is 5.42. The average molecular weight is 444 g/mol. The lowest BCUT2D eigenvalue weighted by atomic mass is 9.98. The van der Waals surface area contributed by atoms with E-state index in [1.807, 2.05) is 0 Å². The summed E-state index contributed by atoms with van der Waals surface area (Å²) in [6, 6.07) is 14.0. The van der Waals surface area contributed by atoms with Crippen molar-refractivity contribution in [2.45, 2.75) is 25.7 Å². The number of likely N-dealkylation sites (tertiary alicyclic amines) is 1. The van der Waals surface area contributed by atoms with Crippen LogP contribution in [-0.4, -0.2) is 34.1 Å². The molecule has 166 valence electrons. The van der Waals surface area contributed by atoms with Crippen molar-refractivity contribution in [2.75, 3.05) is 13.1 Å². The molecule has 5 nitrogen and oxygen atoms in total. The van der Waals surface area contributed by atoms with Gasteiger partial charge >= 0.3 is 6.36 Å². The molecule has 2 heterocycles. The van der Waals surface area contributed by atoms with Gasteiger partial charge in [0.15, 0.2) is 0 Å². The first-order chi connectivity index (χ1) is 15.3. The van der Waals surface area contributed by atoms with E-state index in [4.69, 9.17) is 5.26 Å². The first kappa shape index (κ1) is 21.8. The van der Waals surface area contributed by atoms with Gasteiger partial charge in [0.2, 0.25) is 0 Å². The number of nitrogens with zero attached hydrogens (tertiary/aromatic N) is 4. The fourth-order valence-corrected chi connectivity index (χ4v) is 3.80. The molecule has 3 aromatic rings. The van der Waals surface area contributed by atoms with Gasteiger partial charge in [-0.25, -0.2) is 9.07 Å². The van der Waals surface area contributed by atoms with Crippen molar-refractivity contribution in [1.82, 2.24) is 14.7 Å². The van der Waals surface area contributed by atoms with Gasteiger partial charge in [-0.1, -0.05) is 12.1 Å².